The lowest BCUT2D eigenvalue weighted by Gasteiger charge is -2.28. The van der Waals surface area contributed by atoms with Crippen LogP contribution in [0.3, 0.4) is 0 Å². The predicted octanol–water partition coefficient (Wildman–Crippen LogP) is 3.03. The molecule has 0 aromatic heterocycles. The Morgan fingerprint density at radius 1 is 1.20 bits per heavy atom. The van der Waals surface area contributed by atoms with E-state index in [2.05, 4.69) is 11.4 Å². The number of nitrogens with one attached hydrogen (secondary N) is 1. The molecule has 1 aliphatic heterocycles. The summed E-state index contributed by atoms with van der Waals surface area (Å²) in [7, 11) is 3.10. The molecule has 0 fully saturated rings. The van der Waals surface area contributed by atoms with Crippen molar-refractivity contribution in [3.63, 3.8) is 0 Å². The number of nitriles is 1. The van der Waals surface area contributed by atoms with Crippen molar-refractivity contribution in [1.29, 1.82) is 5.26 Å². The van der Waals surface area contributed by atoms with Gasteiger partial charge in [0.05, 0.1) is 44.0 Å². The highest BCUT2D eigenvalue weighted by Crippen LogP contribution is 2.41. The van der Waals surface area contributed by atoms with Crippen LogP contribution in [0.4, 0.5) is 0 Å². The van der Waals surface area contributed by atoms with Crippen molar-refractivity contribution in [2.45, 2.75) is 26.7 Å². The number of rotatable bonds is 5. The lowest BCUT2D eigenvalue weighted by atomic mass is 9.81. The number of hydrogen-bond acceptors (Lipinski definition) is 6. The molecule has 2 rings (SSSR count). The molecular weight excluding hydrogens is 320 g/mol. The molecule has 1 aromatic carbocycles. The molecule has 6 nitrogen and oxygen atoms in total. The van der Waals surface area contributed by atoms with E-state index < -0.39 is 11.9 Å². The van der Waals surface area contributed by atoms with Crippen LogP contribution >= 0.6 is 0 Å². The van der Waals surface area contributed by atoms with Crippen LogP contribution in [0.1, 0.15) is 32.3 Å². The molecule has 1 aromatic rings. The SMILES string of the molecule is CCOC(=O)C1=C(C)NC(C)=C(C#N)C1c1ccc(OC)c(OC)c1. The Bertz CT molecular complexity index is 787. The van der Waals surface area contributed by atoms with Gasteiger partial charge in [-0.2, -0.15) is 5.26 Å². The maximum atomic E-state index is 12.5. The van der Waals surface area contributed by atoms with E-state index in [4.69, 9.17) is 14.2 Å². The maximum Gasteiger partial charge on any atom is 0.336 e. The summed E-state index contributed by atoms with van der Waals surface area (Å²) < 4.78 is 15.8. The van der Waals surface area contributed by atoms with Crippen LogP contribution in [0, 0.1) is 11.3 Å². The standard InChI is InChI=1S/C19H22N2O4/c1-6-25-19(22)17-12(3)21-11(2)14(10-20)18(17)13-7-8-15(23-4)16(9-13)24-5/h7-9,18,21H,6H2,1-5H3. The molecule has 0 amide bonds. The second-order valence-corrected chi connectivity index (χ2v) is 5.58. The minimum absolute atomic E-state index is 0.263. The van der Waals surface area contributed by atoms with E-state index in [-0.39, 0.29) is 6.61 Å². The van der Waals surface area contributed by atoms with Crippen LogP contribution < -0.4 is 14.8 Å². The number of esters is 1. The Hall–Kier alpha value is -2.94. The zero-order chi connectivity index (χ0) is 18.6. The number of dihydropyridines is 1. The van der Waals surface area contributed by atoms with E-state index in [1.165, 1.54) is 0 Å². The third kappa shape index (κ3) is 3.45. The predicted molar refractivity (Wildman–Crippen MR) is 93.1 cm³/mol. The first kappa shape index (κ1) is 18.4. The van der Waals surface area contributed by atoms with Crippen molar-refractivity contribution in [2.24, 2.45) is 0 Å². The molecule has 0 spiro atoms. The Kier molecular flexibility index (Phi) is 5.71. The minimum atomic E-state index is -0.523. The fourth-order valence-electron chi connectivity index (χ4n) is 2.99. The molecule has 0 saturated heterocycles. The van der Waals surface area contributed by atoms with Gasteiger partial charge in [-0.1, -0.05) is 6.07 Å². The number of carbonyl (C=O) groups is 1. The average Bonchev–Trinajstić information content (AvgIpc) is 2.60. The van der Waals surface area contributed by atoms with Crippen molar-refractivity contribution < 1.29 is 19.0 Å². The van der Waals surface area contributed by atoms with Crippen molar-refractivity contribution in [2.75, 3.05) is 20.8 Å². The van der Waals surface area contributed by atoms with Crippen molar-refractivity contribution >= 4 is 5.97 Å². The number of benzene rings is 1. The second-order valence-electron chi connectivity index (χ2n) is 5.58. The molecule has 0 aliphatic carbocycles. The van der Waals surface area contributed by atoms with Crippen molar-refractivity contribution in [3.8, 4) is 17.6 Å². The fourth-order valence-corrected chi connectivity index (χ4v) is 2.99. The van der Waals surface area contributed by atoms with Gasteiger partial charge in [-0.05, 0) is 38.5 Å². The minimum Gasteiger partial charge on any atom is -0.493 e. The Labute approximate surface area is 147 Å². The van der Waals surface area contributed by atoms with Crippen LogP contribution in [-0.2, 0) is 9.53 Å². The van der Waals surface area contributed by atoms with E-state index in [0.29, 0.717) is 34.0 Å². The summed E-state index contributed by atoms with van der Waals surface area (Å²) in [6.45, 7) is 5.63. The molecule has 1 atom stereocenters. The summed E-state index contributed by atoms with van der Waals surface area (Å²) in [6.07, 6.45) is 0. The molecule has 0 saturated carbocycles. The first-order chi connectivity index (χ1) is 12.0. The van der Waals surface area contributed by atoms with Crippen LogP contribution in [0.5, 0.6) is 11.5 Å². The van der Waals surface area contributed by atoms with E-state index in [1.54, 1.807) is 40.2 Å². The third-order valence-electron chi connectivity index (χ3n) is 4.12. The summed E-state index contributed by atoms with van der Waals surface area (Å²) in [4.78, 5) is 12.5. The summed E-state index contributed by atoms with van der Waals surface area (Å²) in [5.41, 5.74) is 3.05. The molecule has 6 heteroatoms. The Morgan fingerprint density at radius 3 is 2.44 bits per heavy atom. The summed E-state index contributed by atoms with van der Waals surface area (Å²) in [6, 6.07) is 7.59. The Balaban J connectivity index is 2.64. The Morgan fingerprint density at radius 2 is 1.88 bits per heavy atom. The topological polar surface area (TPSA) is 80.6 Å². The number of hydrogen-bond donors (Lipinski definition) is 1. The normalized spacial score (nSPS) is 16.9. The number of methoxy groups -OCH3 is 2. The van der Waals surface area contributed by atoms with Crippen LogP contribution in [-0.4, -0.2) is 26.8 Å². The van der Waals surface area contributed by atoms with Gasteiger partial charge in [-0.15, -0.1) is 0 Å². The number of allylic oxidation sites excluding steroid dienone is 3. The van der Waals surface area contributed by atoms with Crippen molar-refractivity contribution in [1.82, 2.24) is 5.32 Å². The van der Waals surface area contributed by atoms with E-state index >= 15 is 0 Å². The number of carbonyl (C=O) groups excluding carboxylic acids is 1. The molecule has 1 aliphatic rings. The molecule has 1 unspecified atom stereocenters. The lowest BCUT2D eigenvalue weighted by molar-refractivity contribution is -0.138. The summed E-state index contributed by atoms with van der Waals surface area (Å²) in [5, 5.41) is 12.8. The molecular formula is C19H22N2O4. The highest BCUT2D eigenvalue weighted by Gasteiger charge is 2.34. The van der Waals surface area contributed by atoms with Crippen LogP contribution in [0.2, 0.25) is 0 Å². The van der Waals surface area contributed by atoms with E-state index in [1.807, 2.05) is 13.0 Å². The van der Waals surface area contributed by atoms with Gasteiger partial charge in [0.2, 0.25) is 0 Å². The highest BCUT2D eigenvalue weighted by molar-refractivity contribution is 5.93. The molecule has 0 bridgehead atoms. The molecule has 1 N–H and O–H groups in total. The first-order valence-electron chi connectivity index (χ1n) is 7.96. The van der Waals surface area contributed by atoms with Gasteiger partial charge in [-0.3, -0.25) is 0 Å². The monoisotopic (exact) mass is 342 g/mol. The maximum absolute atomic E-state index is 12.5. The zero-order valence-electron chi connectivity index (χ0n) is 15.1. The third-order valence-corrected chi connectivity index (χ3v) is 4.12. The average molecular weight is 342 g/mol. The number of nitrogens with zero attached hydrogens (tertiary/aromatic N) is 1. The lowest BCUT2D eigenvalue weighted by Crippen LogP contribution is -2.28. The summed E-state index contributed by atoms with van der Waals surface area (Å²) >= 11 is 0. The van der Waals surface area contributed by atoms with Gasteiger partial charge in [0.1, 0.15) is 0 Å². The molecule has 0 radical (unpaired) electrons. The number of ether oxygens (including phenoxy) is 3. The van der Waals surface area contributed by atoms with Gasteiger partial charge >= 0.3 is 5.97 Å². The van der Waals surface area contributed by atoms with E-state index in [9.17, 15) is 10.1 Å². The zero-order valence-corrected chi connectivity index (χ0v) is 15.1. The van der Waals surface area contributed by atoms with Crippen molar-refractivity contribution in [3.05, 3.63) is 46.3 Å². The molecule has 1 heterocycles. The van der Waals surface area contributed by atoms with Gasteiger partial charge in [-0.25, -0.2) is 4.79 Å². The summed E-state index contributed by atoms with van der Waals surface area (Å²) in [5.74, 6) is 0.157. The fraction of sp³-hybridized carbons (Fsp3) is 0.368. The van der Waals surface area contributed by atoms with Gasteiger partial charge in [0.25, 0.3) is 0 Å². The first-order valence-corrected chi connectivity index (χ1v) is 7.96. The highest BCUT2D eigenvalue weighted by atomic mass is 16.5. The van der Waals surface area contributed by atoms with Crippen LogP contribution in [0.15, 0.2) is 40.7 Å². The molecule has 132 valence electrons. The smallest absolute Gasteiger partial charge is 0.336 e. The largest absolute Gasteiger partial charge is 0.493 e. The van der Waals surface area contributed by atoms with E-state index in [0.717, 1.165) is 5.56 Å². The second kappa shape index (κ2) is 7.75. The quantitative estimate of drug-likeness (QED) is 0.829. The van der Waals surface area contributed by atoms with Crippen LogP contribution in [0.25, 0.3) is 0 Å². The van der Waals surface area contributed by atoms with Gasteiger partial charge in [0, 0.05) is 11.4 Å². The van der Waals surface area contributed by atoms with Gasteiger partial charge in [0.15, 0.2) is 11.5 Å². The molecule has 25 heavy (non-hydrogen) atoms. The van der Waals surface area contributed by atoms with Gasteiger partial charge < -0.3 is 19.5 Å².